The summed E-state index contributed by atoms with van der Waals surface area (Å²) in [6, 6.07) is 13.7. The summed E-state index contributed by atoms with van der Waals surface area (Å²) in [7, 11) is 1.63. The standard InChI is InChI=1S/C19H21N5O/c1-12-4-9-16(13(2)10-12)24-19-17(20)18(21-11-22-19)23-14-5-7-15(25-3)8-6-14/h4-11H,20H2,1-3H3,(H2,21,22,23,24). The van der Waals surface area contributed by atoms with Gasteiger partial charge in [0.25, 0.3) is 0 Å². The van der Waals surface area contributed by atoms with Crippen LogP contribution in [0.4, 0.5) is 28.7 Å². The van der Waals surface area contributed by atoms with Crippen LogP contribution in [0.3, 0.4) is 0 Å². The van der Waals surface area contributed by atoms with E-state index in [0.29, 0.717) is 17.3 Å². The highest BCUT2D eigenvalue weighted by molar-refractivity contribution is 5.80. The van der Waals surface area contributed by atoms with Crippen molar-refractivity contribution in [2.45, 2.75) is 13.8 Å². The minimum Gasteiger partial charge on any atom is -0.497 e. The minimum atomic E-state index is 0.457. The number of hydrogen-bond acceptors (Lipinski definition) is 6. The minimum absolute atomic E-state index is 0.457. The summed E-state index contributed by atoms with van der Waals surface area (Å²) in [5, 5.41) is 6.48. The predicted octanol–water partition coefficient (Wildman–Crippen LogP) is 4.17. The van der Waals surface area contributed by atoms with Crippen molar-refractivity contribution in [3.05, 3.63) is 59.9 Å². The molecule has 1 heterocycles. The Hall–Kier alpha value is -3.28. The van der Waals surface area contributed by atoms with Gasteiger partial charge in [-0.25, -0.2) is 9.97 Å². The fourth-order valence-electron chi connectivity index (χ4n) is 2.49. The van der Waals surface area contributed by atoms with Gasteiger partial charge in [0.1, 0.15) is 17.8 Å². The van der Waals surface area contributed by atoms with Crippen LogP contribution in [0.25, 0.3) is 0 Å². The number of nitrogens with zero attached hydrogens (tertiary/aromatic N) is 2. The molecule has 0 aliphatic rings. The van der Waals surface area contributed by atoms with E-state index in [-0.39, 0.29) is 0 Å². The van der Waals surface area contributed by atoms with Gasteiger partial charge in [0.05, 0.1) is 7.11 Å². The molecule has 3 aromatic rings. The molecule has 25 heavy (non-hydrogen) atoms. The molecular weight excluding hydrogens is 314 g/mol. The van der Waals surface area contributed by atoms with E-state index in [2.05, 4.69) is 33.6 Å². The monoisotopic (exact) mass is 335 g/mol. The summed E-state index contributed by atoms with van der Waals surface area (Å²) in [4.78, 5) is 8.50. The fraction of sp³-hybridized carbons (Fsp3) is 0.158. The number of anilines is 5. The van der Waals surface area contributed by atoms with Gasteiger partial charge in [-0.05, 0) is 49.7 Å². The molecule has 0 radical (unpaired) electrons. The molecule has 3 rings (SSSR count). The molecule has 0 saturated carbocycles. The van der Waals surface area contributed by atoms with Gasteiger partial charge in [-0.15, -0.1) is 0 Å². The first-order valence-electron chi connectivity index (χ1n) is 7.92. The maximum absolute atomic E-state index is 6.24. The van der Waals surface area contributed by atoms with E-state index < -0.39 is 0 Å². The zero-order valence-electron chi connectivity index (χ0n) is 14.5. The molecule has 0 fully saturated rings. The molecule has 0 spiro atoms. The first-order valence-corrected chi connectivity index (χ1v) is 7.92. The van der Waals surface area contributed by atoms with Crippen LogP contribution in [0.5, 0.6) is 5.75 Å². The van der Waals surface area contributed by atoms with E-state index in [1.54, 1.807) is 7.11 Å². The highest BCUT2D eigenvalue weighted by Crippen LogP contribution is 2.29. The number of rotatable bonds is 5. The topological polar surface area (TPSA) is 85.1 Å². The molecule has 0 unspecified atom stereocenters. The number of aromatic nitrogens is 2. The number of nitrogen functional groups attached to an aromatic ring is 1. The molecule has 0 aliphatic heterocycles. The van der Waals surface area contributed by atoms with Gasteiger partial charge in [0.15, 0.2) is 11.6 Å². The molecular formula is C19H21N5O. The molecule has 0 saturated heterocycles. The van der Waals surface area contributed by atoms with Crippen molar-refractivity contribution >= 4 is 28.7 Å². The fourth-order valence-corrected chi connectivity index (χ4v) is 2.49. The van der Waals surface area contributed by atoms with E-state index in [9.17, 15) is 0 Å². The number of nitrogens with one attached hydrogen (secondary N) is 2. The Morgan fingerprint density at radius 2 is 1.60 bits per heavy atom. The number of methoxy groups -OCH3 is 1. The Labute approximate surface area is 147 Å². The molecule has 6 heteroatoms. The van der Waals surface area contributed by atoms with Crippen molar-refractivity contribution < 1.29 is 4.74 Å². The first kappa shape index (κ1) is 16.6. The summed E-state index contributed by atoms with van der Waals surface area (Å²) < 4.78 is 5.16. The van der Waals surface area contributed by atoms with Crippen molar-refractivity contribution in [3.63, 3.8) is 0 Å². The molecule has 4 N–H and O–H groups in total. The lowest BCUT2D eigenvalue weighted by Gasteiger charge is -2.14. The molecule has 6 nitrogen and oxygen atoms in total. The largest absolute Gasteiger partial charge is 0.497 e. The van der Waals surface area contributed by atoms with E-state index in [4.69, 9.17) is 10.5 Å². The predicted molar refractivity (Wildman–Crippen MR) is 102 cm³/mol. The van der Waals surface area contributed by atoms with Crippen LogP contribution in [-0.4, -0.2) is 17.1 Å². The lowest BCUT2D eigenvalue weighted by atomic mass is 10.1. The van der Waals surface area contributed by atoms with Gasteiger partial charge in [0, 0.05) is 11.4 Å². The lowest BCUT2D eigenvalue weighted by Crippen LogP contribution is -2.05. The third-order valence-corrected chi connectivity index (χ3v) is 3.87. The van der Waals surface area contributed by atoms with Gasteiger partial charge in [0.2, 0.25) is 0 Å². The lowest BCUT2D eigenvalue weighted by molar-refractivity contribution is 0.415. The van der Waals surface area contributed by atoms with Crippen LogP contribution in [0, 0.1) is 13.8 Å². The molecule has 0 amide bonds. The third-order valence-electron chi connectivity index (χ3n) is 3.87. The van der Waals surface area contributed by atoms with E-state index in [0.717, 1.165) is 22.7 Å². The number of benzene rings is 2. The maximum Gasteiger partial charge on any atom is 0.159 e. The zero-order valence-corrected chi connectivity index (χ0v) is 14.5. The van der Waals surface area contributed by atoms with Crippen LogP contribution in [-0.2, 0) is 0 Å². The Bertz CT molecular complexity index is 877. The zero-order chi connectivity index (χ0) is 17.8. The Morgan fingerprint density at radius 3 is 2.24 bits per heavy atom. The van der Waals surface area contributed by atoms with Crippen molar-refractivity contribution in [1.29, 1.82) is 0 Å². The molecule has 1 aromatic heterocycles. The van der Waals surface area contributed by atoms with Crippen molar-refractivity contribution in [1.82, 2.24) is 9.97 Å². The van der Waals surface area contributed by atoms with Crippen LogP contribution in [0.15, 0.2) is 48.8 Å². The van der Waals surface area contributed by atoms with Gasteiger partial charge < -0.3 is 21.1 Å². The summed E-state index contributed by atoms with van der Waals surface area (Å²) in [5.41, 5.74) is 10.9. The average Bonchev–Trinajstić information content (AvgIpc) is 2.61. The van der Waals surface area contributed by atoms with Crippen LogP contribution < -0.4 is 21.1 Å². The molecule has 2 aromatic carbocycles. The number of nitrogens with two attached hydrogens (primary N) is 1. The molecule has 0 bridgehead atoms. The van der Waals surface area contributed by atoms with Crippen LogP contribution >= 0.6 is 0 Å². The first-order chi connectivity index (χ1) is 12.1. The maximum atomic E-state index is 6.24. The van der Waals surface area contributed by atoms with E-state index >= 15 is 0 Å². The van der Waals surface area contributed by atoms with Crippen LogP contribution in [0.2, 0.25) is 0 Å². The molecule has 0 atom stereocenters. The average molecular weight is 335 g/mol. The second kappa shape index (κ2) is 7.09. The Kier molecular flexibility index (Phi) is 4.70. The second-order valence-corrected chi connectivity index (χ2v) is 5.78. The number of hydrogen-bond donors (Lipinski definition) is 3. The highest BCUT2D eigenvalue weighted by Gasteiger charge is 2.10. The molecule has 128 valence electrons. The summed E-state index contributed by atoms with van der Waals surface area (Å²) in [6.45, 7) is 4.11. The van der Waals surface area contributed by atoms with E-state index in [1.807, 2.05) is 43.3 Å². The Morgan fingerprint density at radius 1 is 0.920 bits per heavy atom. The number of ether oxygens (including phenoxy) is 1. The summed E-state index contributed by atoms with van der Waals surface area (Å²) in [5.74, 6) is 1.91. The van der Waals surface area contributed by atoms with Crippen LogP contribution in [0.1, 0.15) is 11.1 Å². The summed E-state index contributed by atoms with van der Waals surface area (Å²) >= 11 is 0. The second-order valence-electron chi connectivity index (χ2n) is 5.78. The highest BCUT2D eigenvalue weighted by atomic mass is 16.5. The summed E-state index contributed by atoms with van der Waals surface area (Å²) in [6.07, 6.45) is 1.48. The van der Waals surface area contributed by atoms with Gasteiger partial charge in [-0.3, -0.25) is 0 Å². The van der Waals surface area contributed by atoms with Crippen molar-refractivity contribution in [3.8, 4) is 5.75 Å². The van der Waals surface area contributed by atoms with Gasteiger partial charge in [-0.2, -0.15) is 0 Å². The normalized spacial score (nSPS) is 10.4. The SMILES string of the molecule is COc1ccc(Nc2ncnc(Nc3ccc(C)cc3C)c2N)cc1. The van der Waals surface area contributed by atoms with Gasteiger partial charge in [-0.1, -0.05) is 17.7 Å². The van der Waals surface area contributed by atoms with E-state index in [1.165, 1.54) is 11.9 Å². The van der Waals surface area contributed by atoms with Gasteiger partial charge >= 0.3 is 0 Å². The number of aryl methyl sites for hydroxylation is 2. The smallest absolute Gasteiger partial charge is 0.159 e. The quantitative estimate of drug-likeness (QED) is 0.649. The molecule has 0 aliphatic carbocycles. The Balaban J connectivity index is 1.83. The van der Waals surface area contributed by atoms with Crippen molar-refractivity contribution in [2.75, 3.05) is 23.5 Å². The van der Waals surface area contributed by atoms with Crippen molar-refractivity contribution in [2.24, 2.45) is 0 Å². The third kappa shape index (κ3) is 3.80.